The first-order chi connectivity index (χ1) is 33.7. The minimum atomic E-state index is -1.67. The summed E-state index contributed by atoms with van der Waals surface area (Å²) in [5, 5.41) is 17.2. The van der Waals surface area contributed by atoms with E-state index in [0.29, 0.717) is 18.7 Å². The Kier molecular flexibility index (Phi) is 9.29. The summed E-state index contributed by atoms with van der Waals surface area (Å²) in [5.41, 5.74) is 0.115. The molecule has 3 amide bonds. The number of hydrogen-bond acceptors (Lipinski definition) is 11. The quantitative estimate of drug-likeness (QED) is 0.118. The van der Waals surface area contributed by atoms with Gasteiger partial charge in [0.2, 0.25) is 22.7 Å². The molecule has 71 heavy (non-hydrogen) atoms. The third-order valence-electron chi connectivity index (χ3n) is 15.7. The van der Waals surface area contributed by atoms with E-state index in [-0.39, 0.29) is 94.5 Å². The Balaban J connectivity index is 0.809. The first-order valence-electron chi connectivity index (χ1n) is 22.6. The van der Waals surface area contributed by atoms with E-state index in [1.165, 1.54) is 13.8 Å². The maximum absolute atomic E-state index is 16.3. The van der Waals surface area contributed by atoms with Crippen LogP contribution in [-0.2, 0) is 9.59 Å². The van der Waals surface area contributed by atoms with Crippen LogP contribution in [0.1, 0.15) is 34.6 Å². The highest BCUT2D eigenvalue weighted by molar-refractivity contribution is 5.98. The fourth-order valence-corrected chi connectivity index (χ4v) is 11.9. The first-order valence-corrected chi connectivity index (χ1v) is 22.6. The van der Waals surface area contributed by atoms with Crippen LogP contribution in [0, 0.1) is 69.4 Å². The number of carbonyl (C=O) groups excluding carboxylic acids is 3. The molecular formula is C48H38F6N10O7. The van der Waals surface area contributed by atoms with Gasteiger partial charge in [-0.3, -0.25) is 33.1 Å². The predicted octanol–water partition coefficient (Wildman–Crippen LogP) is 2.88. The number of piperidine rings is 2. The molecule has 8 unspecified atom stereocenters. The van der Waals surface area contributed by atoms with Crippen molar-refractivity contribution in [2.24, 2.45) is 40.2 Å². The van der Waals surface area contributed by atoms with Crippen molar-refractivity contribution in [3.63, 3.8) is 0 Å². The molecule has 6 N–H and O–H groups in total. The summed E-state index contributed by atoms with van der Waals surface area (Å²) in [5.74, 6) is -9.78. The van der Waals surface area contributed by atoms with Crippen molar-refractivity contribution in [3.8, 4) is 11.4 Å². The van der Waals surface area contributed by atoms with E-state index in [1.807, 2.05) is 0 Å². The summed E-state index contributed by atoms with van der Waals surface area (Å²) >= 11 is 0. The third kappa shape index (κ3) is 6.36. The molecule has 4 aromatic heterocycles. The lowest BCUT2D eigenvalue weighted by atomic mass is 10.0. The topological polar surface area (TPSA) is 227 Å². The van der Waals surface area contributed by atoms with Gasteiger partial charge in [-0.1, -0.05) is 0 Å². The number of benzene rings is 2. The lowest BCUT2D eigenvalue weighted by molar-refractivity contribution is -0.129. The number of aromatic carboxylic acids is 1. The number of hydrogen-bond donors (Lipinski definition) is 5. The molecule has 2 spiro atoms. The highest BCUT2D eigenvalue weighted by atomic mass is 19.2. The van der Waals surface area contributed by atoms with E-state index in [1.54, 1.807) is 9.80 Å². The molecule has 6 aliphatic rings. The largest absolute Gasteiger partial charge is 0.477 e. The SMILES string of the molecule is C[C@H](N)C(=O)N[C@@H](C)C(=O)NC1C2C3CN(c4nc5c(cc4F)c(=O)c(C(=O)NC4C6C7CN(c8nc9c(cc8F)c(=O)c(C(=O)O)cn9-c8ccc(F)cc8F)CC746)cn5-c4ccc(F)cc4F)CC312. The second-order valence-electron chi connectivity index (χ2n) is 19.5. The van der Waals surface area contributed by atoms with Gasteiger partial charge in [0, 0.05) is 73.6 Å². The molecule has 6 heterocycles. The zero-order valence-electron chi connectivity index (χ0n) is 37.1. The van der Waals surface area contributed by atoms with Gasteiger partial charge in [-0.05, 0) is 73.9 Å². The molecule has 6 aromatic rings. The Hall–Kier alpha value is -7.82. The molecule has 2 saturated heterocycles. The van der Waals surface area contributed by atoms with E-state index in [9.17, 15) is 42.7 Å². The molecular weight excluding hydrogens is 943 g/mol. The second-order valence-corrected chi connectivity index (χ2v) is 19.5. The van der Waals surface area contributed by atoms with E-state index < -0.39 is 110 Å². The number of carbonyl (C=O) groups is 4. The van der Waals surface area contributed by atoms with E-state index in [2.05, 4.69) is 25.9 Å². The Bertz CT molecular complexity index is 3590. The number of nitrogens with zero attached hydrogens (tertiary/aromatic N) is 6. The number of halogens is 6. The third-order valence-corrected chi connectivity index (χ3v) is 15.7. The average Bonchev–Trinajstić information content (AvgIpc) is 4.28. The van der Waals surface area contributed by atoms with Gasteiger partial charge in [0.05, 0.1) is 28.2 Å². The van der Waals surface area contributed by atoms with Gasteiger partial charge in [0.1, 0.15) is 40.4 Å². The molecule has 4 aliphatic carbocycles. The Morgan fingerprint density at radius 1 is 0.676 bits per heavy atom. The van der Waals surface area contributed by atoms with Crippen LogP contribution in [0.4, 0.5) is 38.0 Å². The molecule has 12 rings (SSSR count). The van der Waals surface area contributed by atoms with Gasteiger partial charge >= 0.3 is 5.97 Å². The zero-order chi connectivity index (χ0) is 50.1. The molecule has 0 radical (unpaired) electrons. The van der Waals surface area contributed by atoms with Gasteiger partial charge in [0.25, 0.3) is 5.91 Å². The molecule has 6 fully saturated rings. The van der Waals surface area contributed by atoms with Crippen LogP contribution in [0.15, 0.2) is 70.5 Å². The second kappa shape index (κ2) is 14.9. The monoisotopic (exact) mass is 980 g/mol. The number of amides is 3. The van der Waals surface area contributed by atoms with Crippen LogP contribution in [0.5, 0.6) is 0 Å². The minimum Gasteiger partial charge on any atom is -0.477 e. The van der Waals surface area contributed by atoms with Gasteiger partial charge in [-0.15, -0.1) is 0 Å². The highest BCUT2D eigenvalue weighted by Crippen LogP contribution is 2.83. The summed E-state index contributed by atoms with van der Waals surface area (Å²) in [6.45, 7) is 4.03. The Morgan fingerprint density at radius 2 is 1.14 bits per heavy atom. The molecule has 4 saturated carbocycles. The van der Waals surface area contributed by atoms with Gasteiger partial charge in [0.15, 0.2) is 34.6 Å². The maximum atomic E-state index is 16.3. The number of nitrogens with two attached hydrogens (primary N) is 1. The van der Waals surface area contributed by atoms with E-state index in [0.717, 1.165) is 57.9 Å². The smallest absolute Gasteiger partial charge is 0.341 e. The number of carboxylic acids is 1. The summed E-state index contributed by atoms with van der Waals surface area (Å²) in [6.07, 6.45) is 1.88. The van der Waals surface area contributed by atoms with Crippen LogP contribution < -0.4 is 42.3 Å². The fraction of sp³-hybridized carbons (Fsp3) is 0.333. The van der Waals surface area contributed by atoms with Crippen molar-refractivity contribution in [3.05, 3.63) is 127 Å². The number of rotatable bonds is 11. The lowest BCUT2D eigenvalue weighted by Gasteiger charge is -2.21. The Morgan fingerprint density at radius 3 is 1.61 bits per heavy atom. The van der Waals surface area contributed by atoms with Crippen LogP contribution in [-0.4, -0.2) is 98.2 Å². The zero-order valence-corrected chi connectivity index (χ0v) is 37.1. The van der Waals surface area contributed by atoms with Crippen molar-refractivity contribution in [2.45, 2.75) is 38.0 Å². The van der Waals surface area contributed by atoms with Crippen molar-refractivity contribution in [2.75, 3.05) is 36.0 Å². The fourth-order valence-electron chi connectivity index (χ4n) is 11.9. The molecule has 17 nitrogen and oxygen atoms in total. The highest BCUT2D eigenvalue weighted by Gasteiger charge is 2.90. The molecule has 0 bridgehead atoms. The Labute approximate surface area is 395 Å². The molecule has 2 aromatic carbocycles. The standard InChI is InChI=1S/C48H38F6N10O7/c1-17(55)43(67)56-18(2)44(68)57-37-33-25-13-61(15-47(25,33)37)41-29(53)9-21-35(65)23(11-63(39(21)59-41)31-5-3-19(49)7-27(31)51)45(69)58-38-34-26-14-62(16-48(26,34)38)42-30(54)10-22-36(66)24(46(70)71)12-64(40(22)60-42)32-6-4-20(50)8-28(32)52/h3-12,17-18,25-26,33-34,37-38H,13-16,55H2,1-2H3,(H,56,67)(H,57,68)(H,58,69)(H,70,71)/t17-,18-,25?,26?,33?,34?,37?,38?,47?,48?/m0/s1. The number of fused-ring (bicyclic) bond motifs is 4. The molecule has 2 aliphatic heterocycles. The van der Waals surface area contributed by atoms with Crippen molar-refractivity contribution in [1.82, 2.24) is 35.1 Å². The summed E-state index contributed by atoms with van der Waals surface area (Å²) in [7, 11) is 0. The van der Waals surface area contributed by atoms with Crippen LogP contribution >= 0.6 is 0 Å². The lowest BCUT2D eigenvalue weighted by Crippen LogP contribution is -2.51. The van der Waals surface area contributed by atoms with Crippen molar-refractivity contribution >= 4 is 57.4 Å². The van der Waals surface area contributed by atoms with Gasteiger partial charge < -0.3 is 36.6 Å². The number of aromatic nitrogens is 4. The normalized spacial score (nSPS) is 26.8. The number of nitrogens with one attached hydrogen (secondary N) is 3. The number of carboxylic acid groups (broad SMARTS) is 1. The van der Waals surface area contributed by atoms with Crippen LogP contribution in [0.25, 0.3) is 33.4 Å². The van der Waals surface area contributed by atoms with Crippen LogP contribution in [0.2, 0.25) is 0 Å². The van der Waals surface area contributed by atoms with Crippen molar-refractivity contribution < 1.29 is 50.6 Å². The molecule has 10 atom stereocenters. The average molecular weight is 981 g/mol. The number of pyridine rings is 4. The predicted molar refractivity (Wildman–Crippen MR) is 239 cm³/mol. The summed E-state index contributed by atoms with van der Waals surface area (Å²) in [4.78, 5) is 90.5. The van der Waals surface area contributed by atoms with Gasteiger partial charge in [-0.2, -0.15) is 0 Å². The summed E-state index contributed by atoms with van der Waals surface area (Å²) < 4.78 is 93.0. The van der Waals surface area contributed by atoms with Crippen LogP contribution in [0.3, 0.4) is 0 Å². The minimum absolute atomic E-state index is 0.0840. The first kappa shape index (κ1) is 44.4. The number of anilines is 2. The van der Waals surface area contributed by atoms with E-state index >= 15 is 17.6 Å². The molecule has 364 valence electrons. The molecule has 23 heteroatoms. The maximum Gasteiger partial charge on any atom is 0.341 e. The van der Waals surface area contributed by atoms with Crippen molar-refractivity contribution in [1.29, 1.82) is 0 Å². The van der Waals surface area contributed by atoms with E-state index in [4.69, 9.17) is 5.73 Å². The summed E-state index contributed by atoms with van der Waals surface area (Å²) in [6, 6.07) is 4.41. The van der Waals surface area contributed by atoms with Gasteiger partial charge in [-0.25, -0.2) is 41.1 Å².